The molecule has 1 aromatic heterocycles. The summed E-state index contributed by atoms with van der Waals surface area (Å²) >= 11 is 1.48. The normalized spacial score (nSPS) is 11.8. The fraction of sp³-hybridized carbons (Fsp3) is 0.429. The fourth-order valence-corrected chi connectivity index (χ4v) is 2.31. The molecule has 1 heterocycles. The van der Waals surface area contributed by atoms with E-state index in [1.54, 1.807) is 7.11 Å². The first-order valence-electron chi connectivity index (χ1n) is 6.13. The van der Waals surface area contributed by atoms with Crippen LogP contribution in [-0.4, -0.2) is 29.7 Å². The molecule has 1 amide bonds. The molecular weight excluding hydrogens is 278 g/mol. The number of carboxylic acids is 1. The van der Waals surface area contributed by atoms with Crippen LogP contribution >= 0.6 is 11.3 Å². The van der Waals surface area contributed by atoms with Crippen LogP contribution in [0.15, 0.2) is 17.5 Å². The Kier molecular flexibility index (Phi) is 5.91. The lowest BCUT2D eigenvalue weighted by atomic mass is 10.1. The van der Waals surface area contributed by atoms with Crippen LogP contribution in [0.1, 0.15) is 30.7 Å². The van der Waals surface area contributed by atoms with E-state index in [1.807, 2.05) is 25.3 Å². The molecule has 0 aliphatic heterocycles. The topological polar surface area (TPSA) is 75.6 Å². The Morgan fingerprint density at radius 2 is 2.20 bits per heavy atom. The van der Waals surface area contributed by atoms with Crippen LogP contribution in [0, 0.1) is 0 Å². The summed E-state index contributed by atoms with van der Waals surface area (Å²) in [6, 6.07) is 1.82. The van der Waals surface area contributed by atoms with E-state index in [4.69, 9.17) is 9.84 Å². The molecule has 0 fully saturated rings. The lowest BCUT2D eigenvalue weighted by Crippen LogP contribution is -2.33. The van der Waals surface area contributed by atoms with Crippen molar-refractivity contribution >= 4 is 29.3 Å². The Labute approximate surface area is 122 Å². The van der Waals surface area contributed by atoms with Gasteiger partial charge in [-0.25, -0.2) is 4.79 Å². The first-order valence-corrected chi connectivity index (χ1v) is 7.01. The monoisotopic (exact) mass is 297 g/mol. The molecular formula is C14H19NO4S. The number of nitrogens with one attached hydrogen (secondary N) is 1. The Hall–Kier alpha value is -1.66. The van der Waals surface area contributed by atoms with Gasteiger partial charge in [-0.2, -0.15) is 0 Å². The van der Waals surface area contributed by atoms with Crippen molar-refractivity contribution in [1.29, 1.82) is 0 Å². The molecule has 0 aromatic carbocycles. The number of amides is 1. The molecule has 0 unspecified atom stereocenters. The van der Waals surface area contributed by atoms with Crippen molar-refractivity contribution in [3.63, 3.8) is 0 Å². The van der Waals surface area contributed by atoms with Gasteiger partial charge in [0.1, 0.15) is 0 Å². The van der Waals surface area contributed by atoms with Crippen molar-refractivity contribution in [3.8, 4) is 0 Å². The maximum absolute atomic E-state index is 11.8. The molecule has 0 saturated carbocycles. The van der Waals surface area contributed by atoms with Gasteiger partial charge in [0.15, 0.2) is 0 Å². The quantitative estimate of drug-likeness (QED) is 0.757. The number of hydrogen-bond donors (Lipinski definition) is 2. The summed E-state index contributed by atoms with van der Waals surface area (Å²) in [5, 5.41) is 13.3. The van der Waals surface area contributed by atoms with Gasteiger partial charge >= 0.3 is 5.97 Å². The number of hydrogen-bond acceptors (Lipinski definition) is 4. The second-order valence-corrected chi connectivity index (χ2v) is 5.89. The summed E-state index contributed by atoms with van der Waals surface area (Å²) in [6.07, 6.45) is 2.88. The highest BCUT2D eigenvalue weighted by molar-refractivity contribution is 7.10. The van der Waals surface area contributed by atoms with Gasteiger partial charge in [-0.15, -0.1) is 11.3 Å². The maximum Gasteiger partial charge on any atom is 0.328 e. The van der Waals surface area contributed by atoms with E-state index >= 15 is 0 Å². The number of methoxy groups -OCH3 is 1. The number of ether oxygens (including phenoxy) is 1. The summed E-state index contributed by atoms with van der Waals surface area (Å²) in [7, 11) is 1.57. The first kappa shape index (κ1) is 16.4. The third-order valence-corrected chi connectivity index (χ3v) is 3.71. The molecule has 0 spiro atoms. The van der Waals surface area contributed by atoms with E-state index in [9.17, 15) is 9.59 Å². The highest BCUT2D eigenvalue weighted by atomic mass is 32.1. The van der Waals surface area contributed by atoms with E-state index in [2.05, 4.69) is 5.32 Å². The van der Waals surface area contributed by atoms with E-state index in [1.165, 1.54) is 17.4 Å². The number of carbonyl (C=O) groups is 2. The highest BCUT2D eigenvalue weighted by Gasteiger charge is 2.20. The molecule has 1 aromatic rings. The number of carbonyl (C=O) groups excluding carboxylic acids is 1. The zero-order valence-corrected chi connectivity index (χ0v) is 12.6. The summed E-state index contributed by atoms with van der Waals surface area (Å²) in [5.41, 5.74) is 0.315. The molecule has 20 heavy (non-hydrogen) atoms. The number of aliphatic carboxylic acids is 1. The Bertz CT molecular complexity index is 505. The van der Waals surface area contributed by atoms with Gasteiger partial charge in [0.05, 0.1) is 18.6 Å². The lowest BCUT2D eigenvalue weighted by Gasteiger charge is -2.21. The van der Waals surface area contributed by atoms with Crippen LogP contribution in [0.3, 0.4) is 0 Å². The van der Waals surface area contributed by atoms with Gasteiger partial charge in [-0.05, 0) is 36.9 Å². The summed E-state index contributed by atoms with van der Waals surface area (Å²) in [5.74, 6) is -1.09. The molecule has 0 radical (unpaired) electrons. The third kappa shape index (κ3) is 5.54. The Morgan fingerprint density at radius 3 is 2.80 bits per heavy atom. The zero-order valence-electron chi connectivity index (χ0n) is 11.8. The van der Waals surface area contributed by atoms with Gasteiger partial charge in [0.25, 0.3) is 0 Å². The molecule has 0 saturated heterocycles. The van der Waals surface area contributed by atoms with Crippen molar-refractivity contribution < 1.29 is 19.4 Å². The molecule has 6 heteroatoms. The van der Waals surface area contributed by atoms with E-state index < -0.39 is 11.6 Å². The number of carboxylic acid groups (broad SMARTS) is 1. The SMILES string of the molecule is COC(C)(C)CC(=O)NCc1sccc1/C=C/C(=O)O. The van der Waals surface area contributed by atoms with Crippen molar-refractivity contribution in [2.24, 2.45) is 0 Å². The molecule has 0 aliphatic rings. The van der Waals surface area contributed by atoms with Gasteiger partial charge in [-0.3, -0.25) is 4.79 Å². The minimum atomic E-state index is -0.993. The van der Waals surface area contributed by atoms with Gasteiger partial charge < -0.3 is 15.2 Å². The summed E-state index contributed by atoms with van der Waals surface area (Å²) < 4.78 is 5.20. The average molecular weight is 297 g/mol. The maximum atomic E-state index is 11.8. The molecule has 0 aliphatic carbocycles. The Morgan fingerprint density at radius 1 is 1.50 bits per heavy atom. The first-order chi connectivity index (χ1) is 9.34. The molecule has 110 valence electrons. The molecule has 0 atom stereocenters. The predicted octanol–water partition coefficient (Wildman–Crippen LogP) is 2.28. The van der Waals surface area contributed by atoms with Gasteiger partial charge in [0, 0.05) is 18.1 Å². The van der Waals surface area contributed by atoms with Crippen molar-refractivity contribution in [2.45, 2.75) is 32.4 Å². The smallest absolute Gasteiger partial charge is 0.328 e. The van der Waals surface area contributed by atoms with Crippen LogP contribution in [0.2, 0.25) is 0 Å². The molecule has 5 nitrogen and oxygen atoms in total. The van der Waals surface area contributed by atoms with Crippen LogP contribution in [0.5, 0.6) is 0 Å². The lowest BCUT2D eigenvalue weighted by molar-refractivity contribution is -0.131. The Balaban J connectivity index is 2.56. The van der Waals surface area contributed by atoms with Crippen LogP contribution in [-0.2, 0) is 20.9 Å². The minimum absolute atomic E-state index is 0.0987. The van der Waals surface area contributed by atoms with E-state index in [0.29, 0.717) is 6.54 Å². The van der Waals surface area contributed by atoms with Crippen molar-refractivity contribution in [1.82, 2.24) is 5.32 Å². The van der Waals surface area contributed by atoms with Crippen molar-refractivity contribution in [3.05, 3.63) is 28.0 Å². The van der Waals surface area contributed by atoms with Gasteiger partial charge in [0.2, 0.25) is 5.91 Å². The second-order valence-electron chi connectivity index (χ2n) is 4.89. The van der Waals surface area contributed by atoms with Gasteiger partial charge in [-0.1, -0.05) is 0 Å². The van der Waals surface area contributed by atoms with E-state index in [0.717, 1.165) is 16.5 Å². The number of thiophene rings is 1. The molecule has 2 N–H and O–H groups in total. The average Bonchev–Trinajstić information content (AvgIpc) is 2.81. The minimum Gasteiger partial charge on any atom is -0.478 e. The predicted molar refractivity (Wildman–Crippen MR) is 78.5 cm³/mol. The second kappa shape index (κ2) is 7.21. The van der Waals surface area contributed by atoms with Crippen LogP contribution in [0.25, 0.3) is 6.08 Å². The highest BCUT2D eigenvalue weighted by Crippen LogP contribution is 2.18. The fourth-order valence-electron chi connectivity index (χ4n) is 1.50. The number of rotatable bonds is 7. The molecule has 0 bridgehead atoms. The third-order valence-electron chi connectivity index (χ3n) is 2.77. The van der Waals surface area contributed by atoms with Crippen LogP contribution < -0.4 is 5.32 Å². The standard InChI is InChI=1S/C14H19NO4S/c1-14(2,19-3)8-12(16)15-9-11-10(6-7-20-11)4-5-13(17)18/h4-7H,8-9H2,1-3H3,(H,15,16)(H,17,18)/b5-4+. The zero-order chi connectivity index (χ0) is 15.2. The van der Waals surface area contributed by atoms with Crippen LogP contribution in [0.4, 0.5) is 0 Å². The van der Waals surface area contributed by atoms with Crippen molar-refractivity contribution in [2.75, 3.05) is 7.11 Å². The largest absolute Gasteiger partial charge is 0.478 e. The summed E-state index contributed by atoms with van der Waals surface area (Å²) in [6.45, 7) is 4.08. The molecule has 1 rings (SSSR count). The summed E-state index contributed by atoms with van der Waals surface area (Å²) in [4.78, 5) is 23.2. The van der Waals surface area contributed by atoms with E-state index in [-0.39, 0.29) is 12.3 Å².